The van der Waals surface area contributed by atoms with Gasteiger partial charge in [0, 0.05) is 11.1 Å². The Kier molecular flexibility index (Phi) is 7.13. The first-order chi connectivity index (χ1) is 12.7. The highest BCUT2D eigenvalue weighted by atomic mass is 16.7. The highest BCUT2D eigenvalue weighted by Crippen LogP contribution is 2.23. The van der Waals surface area contributed by atoms with Crippen molar-refractivity contribution in [3.63, 3.8) is 0 Å². The number of benzene rings is 2. The van der Waals surface area contributed by atoms with E-state index in [-0.39, 0.29) is 12.6 Å². The van der Waals surface area contributed by atoms with Crippen molar-refractivity contribution in [3.05, 3.63) is 71.8 Å². The highest BCUT2D eigenvalue weighted by molar-refractivity contribution is 5.16. The van der Waals surface area contributed by atoms with Crippen LogP contribution in [-0.4, -0.2) is 48.8 Å². The van der Waals surface area contributed by atoms with Crippen LogP contribution in [0.5, 0.6) is 0 Å². The van der Waals surface area contributed by atoms with Gasteiger partial charge in [0.25, 0.3) is 0 Å². The first kappa shape index (κ1) is 19.0. The Labute approximate surface area is 152 Å². The van der Waals surface area contributed by atoms with E-state index in [1.165, 1.54) is 0 Å². The summed E-state index contributed by atoms with van der Waals surface area (Å²) in [7, 11) is 0. The first-order valence-electron chi connectivity index (χ1n) is 8.65. The third kappa shape index (κ3) is 5.60. The summed E-state index contributed by atoms with van der Waals surface area (Å²) in [6, 6.07) is 19.4. The molecule has 2 aromatic carbocycles. The maximum absolute atomic E-state index is 9.12. The summed E-state index contributed by atoms with van der Waals surface area (Å²) in [4.78, 5) is 0. The normalized spacial score (nSPS) is 28.7. The topological polar surface area (TPSA) is 77.4 Å². The van der Waals surface area contributed by atoms with Crippen LogP contribution in [0.25, 0.3) is 0 Å². The van der Waals surface area contributed by atoms with Gasteiger partial charge < -0.3 is 29.2 Å². The summed E-state index contributed by atoms with van der Waals surface area (Å²) < 4.78 is 21.2. The van der Waals surface area contributed by atoms with Crippen molar-refractivity contribution in [2.45, 2.75) is 24.8 Å². The van der Waals surface area contributed by atoms with Crippen molar-refractivity contribution in [1.29, 1.82) is 0 Å². The lowest BCUT2D eigenvalue weighted by Gasteiger charge is -2.26. The summed E-state index contributed by atoms with van der Waals surface area (Å²) in [5.74, 6) is 0. The largest absolute Gasteiger partial charge is 0.388 e. The zero-order chi connectivity index (χ0) is 18.2. The van der Waals surface area contributed by atoms with Crippen molar-refractivity contribution < 1.29 is 29.2 Å². The van der Waals surface area contributed by atoms with Crippen molar-refractivity contribution in [1.82, 2.24) is 0 Å². The van der Waals surface area contributed by atoms with Gasteiger partial charge in [0.1, 0.15) is 12.2 Å². The van der Waals surface area contributed by atoms with Crippen LogP contribution in [0.2, 0.25) is 0 Å². The molecule has 0 bridgehead atoms. The Bertz CT molecular complexity index is 562. The minimum absolute atomic E-state index is 0.315. The number of ether oxygens (including phenoxy) is 4. The summed E-state index contributed by atoms with van der Waals surface area (Å²) in [5, 5.41) is 18.2. The lowest BCUT2D eigenvalue weighted by Crippen LogP contribution is -2.30. The van der Waals surface area contributed by atoms with E-state index in [1.807, 2.05) is 60.7 Å². The predicted molar refractivity (Wildman–Crippen MR) is 94.2 cm³/mol. The lowest BCUT2D eigenvalue weighted by molar-refractivity contribution is -0.220. The second-order valence-corrected chi connectivity index (χ2v) is 6.13. The lowest BCUT2D eigenvalue weighted by atomic mass is 10.2. The molecular formula is C20H24O6. The molecule has 0 aromatic heterocycles. The molecule has 2 aliphatic rings. The maximum atomic E-state index is 9.12. The summed E-state index contributed by atoms with van der Waals surface area (Å²) in [6.07, 6.45) is -1.60. The predicted octanol–water partition coefficient (Wildman–Crippen LogP) is 2.19. The van der Waals surface area contributed by atoms with Crippen LogP contribution in [-0.2, 0) is 18.9 Å². The number of hydrogen-bond donors (Lipinski definition) is 2. The Morgan fingerprint density at radius 3 is 1.15 bits per heavy atom. The Balaban J connectivity index is 0.000000151. The van der Waals surface area contributed by atoms with Crippen LogP contribution in [0, 0.1) is 0 Å². The zero-order valence-corrected chi connectivity index (χ0v) is 14.4. The molecule has 2 saturated heterocycles. The van der Waals surface area contributed by atoms with E-state index in [0.717, 1.165) is 11.1 Å². The van der Waals surface area contributed by atoms with Gasteiger partial charge in [-0.15, -0.1) is 0 Å². The van der Waals surface area contributed by atoms with Gasteiger partial charge >= 0.3 is 0 Å². The van der Waals surface area contributed by atoms with E-state index in [1.54, 1.807) is 0 Å². The van der Waals surface area contributed by atoms with E-state index < -0.39 is 12.2 Å². The van der Waals surface area contributed by atoms with Crippen molar-refractivity contribution in [2.75, 3.05) is 26.4 Å². The van der Waals surface area contributed by atoms with Gasteiger partial charge in [-0.05, 0) is 0 Å². The number of aliphatic hydroxyl groups is 2. The Morgan fingerprint density at radius 1 is 0.538 bits per heavy atom. The summed E-state index contributed by atoms with van der Waals surface area (Å²) >= 11 is 0. The SMILES string of the molecule is OC1COC(c2ccccc2)OC1.OC1COC(c2ccccc2)OC1. The molecule has 26 heavy (non-hydrogen) atoms. The van der Waals surface area contributed by atoms with E-state index in [2.05, 4.69) is 0 Å². The molecule has 6 nitrogen and oxygen atoms in total. The molecule has 4 rings (SSSR count). The van der Waals surface area contributed by atoms with Gasteiger partial charge in [-0.25, -0.2) is 0 Å². The molecule has 0 aliphatic carbocycles. The standard InChI is InChI=1S/2C10H12O3/c2*11-9-6-12-10(13-7-9)8-4-2-1-3-5-8/h2*1-5,9-11H,6-7H2. The molecule has 0 saturated carbocycles. The molecule has 2 heterocycles. The number of aliphatic hydroxyl groups excluding tert-OH is 2. The molecule has 2 N–H and O–H groups in total. The van der Waals surface area contributed by atoms with E-state index in [9.17, 15) is 0 Å². The summed E-state index contributed by atoms with van der Waals surface area (Å²) in [5.41, 5.74) is 1.99. The molecular weight excluding hydrogens is 336 g/mol. The molecule has 0 radical (unpaired) electrons. The second kappa shape index (κ2) is 9.78. The molecule has 0 unspecified atom stereocenters. The molecule has 2 aliphatic heterocycles. The number of hydrogen-bond acceptors (Lipinski definition) is 6. The van der Waals surface area contributed by atoms with Crippen molar-refractivity contribution in [3.8, 4) is 0 Å². The van der Waals surface area contributed by atoms with E-state index in [4.69, 9.17) is 29.2 Å². The first-order valence-corrected chi connectivity index (χ1v) is 8.65. The van der Waals surface area contributed by atoms with Gasteiger partial charge in [0.05, 0.1) is 26.4 Å². The van der Waals surface area contributed by atoms with E-state index in [0.29, 0.717) is 26.4 Å². The van der Waals surface area contributed by atoms with Crippen LogP contribution < -0.4 is 0 Å². The Morgan fingerprint density at radius 2 is 0.846 bits per heavy atom. The van der Waals surface area contributed by atoms with Crippen LogP contribution in [0.15, 0.2) is 60.7 Å². The quantitative estimate of drug-likeness (QED) is 0.855. The third-order valence-electron chi connectivity index (χ3n) is 3.90. The average Bonchev–Trinajstić information content (AvgIpc) is 2.71. The van der Waals surface area contributed by atoms with Crippen LogP contribution in [0.1, 0.15) is 23.7 Å². The van der Waals surface area contributed by atoms with E-state index >= 15 is 0 Å². The van der Waals surface area contributed by atoms with Gasteiger partial charge in [-0.3, -0.25) is 0 Å². The fourth-order valence-corrected chi connectivity index (χ4v) is 2.59. The number of rotatable bonds is 2. The summed E-state index contributed by atoms with van der Waals surface area (Å²) in [6.45, 7) is 1.39. The van der Waals surface area contributed by atoms with Gasteiger partial charge in [0.15, 0.2) is 12.6 Å². The maximum Gasteiger partial charge on any atom is 0.184 e. The fraction of sp³-hybridized carbons (Fsp3) is 0.400. The highest BCUT2D eigenvalue weighted by Gasteiger charge is 2.22. The van der Waals surface area contributed by atoms with Gasteiger partial charge in [0.2, 0.25) is 0 Å². The van der Waals surface area contributed by atoms with Gasteiger partial charge in [-0.2, -0.15) is 0 Å². The van der Waals surface area contributed by atoms with Crippen LogP contribution in [0.3, 0.4) is 0 Å². The van der Waals surface area contributed by atoms with Crippen molar-refractivity contribution >= 4 is 0 Å². The molecule has 0 spiro atoms. The molecule has 6 heteroatoms. The van der Waals surface area contributed by atoms with Crippen molar-refractivity contribution in [2.24, 2.45) is 0 Å². The smallest absolute Gasteiger partial charge is 0.184 e. The van der Waals surface area contributed by atoms with Crippen LogP contribution >= 0.6 is 0 Å². The molecule has 2 fully saturated rings. The van der Waals surface area contributed by atoms with Gasteiger partial charge in [-0.1, -0.05) is 60.7 Å². The third-order valence-corrected chi connectivity index (χ3v) is 3.90. The molecule has 0 atom stereocenters. The Hall–Kier alpha value is -1.80. The average molecular weight is 360 g/mol. The molecule has 2 aromatic rings. The molecule has 0 amide bonds. The second-order valence-electron chi connectivity index (χ2n) is 6.13. The molecule has 140 valence electrons. The minimum Gasteiger partial charge on any atom is -0.388 e. The monoisotopic (exact) mass is 360 g/mol. The fourth-order valence-electron chi connectivity index (χ4n) is 2.59. The minimum atomic E-state index is -0.486. The zero-order valence-electron chi connectivity index (χ0n) is 14.4. The van der Waals surface area contributed by atoms with Crippen LogP contribution in [0.4, 0.5) is 0 Å².